The predicted molar refractivity (Wildman–Crippen MR) is 71.1 cm³/mol. The molecule has 2 aliphatic rings. The number of ether oxygens (including phenoxy) is 1. The quantitative estimate of drug-likeness (QED) is 0.818. The summed E-state index contributed by atoms with van der Waals surface area (Å²) in [5.41, 5.74) is 5.96. The Morgan fingerprint density at radius 3 is 2.29 bits per heavy atom. The Kier molecular flexibility index (Phi) is 5.26. The number of piperidine rings is 1. The lowest BCUT2D eigenvalue weighted by atomic mass is 9.90. The van der Waals surface area contributed by atoms with Crippen molar-refractivity contribution in [3.8, 4) is 0 Å². The second-order valence-corrected chi connectivity index (χ2v) is 5.67. The van der Waals surface area contributed by atoms with Gasteiger partial charge in [-0.05, 0) is 58.0 Å². The van der Waals surface area contributed by atoms with E-state index in [2.05, 4.69) is 11.8 Å². The number of rotatable bonds is 4. The topological polar surface area (TPSA) is 38.5 Å². The van der Waals surface area contributed by atoms with Gasteiger partial charge in [-0.25, -0.2) is 0 Å². The summed E-state index contributed by atoms with van der Waals surface area (Å²) in [6, 6.07) is 1.26. The van der Waals surface area contributed by atoms with Crippen LogP contribution in [-0.2, 0) is 4.74 Å². The first-order chi connectivity index (χ1) is 8.29. The van der Waals surface area contributed by atoms with E-state index in [9.17, 15) is 0 Å². The maximum Gasteiger partial charge on any atom is 0.0576 e. The minimum absolute atomic E-state index is 0.454. The van der Waals surface area contributed by atoms with Crippen molar-refractivity contribution in [1.82, 2.24) is 4.90 Å². The molecule has 2 fully saturated rings. The number of hydrogen-bond donors (Lipinski definition) is 1. The minimum Gasteiger partial charge on any atom is -0.378 e. The summed E-state index contributed by atoms with van der Waals surface area (Å²) < 4.78 is 5.85. The van der Waals surface area contributed by atoms with Gasteiger partial charge in [0.25, 0.3) is 0 Å². The normalized spacial score (nSPS) is 32.8. The maximum atomic E-state index is 5.96. The molecule has 0 unspecified atom stereocenters. The van der Waals surface area contributed by atoms with Crippen LogP contribution >= 0.6 is 0 Å². The predicted octanol–water partition coefficient (Wildman–Crippen LogP) is 2.15. The zero-order valence-corrected chi connectivity index (χ0v) is 11.2. The molecule has 1 saturated carbocycles. The van der Waals surface area contributed by atoms with Crippen molar-refractivity contribution < 1.29 is 4.74 Å². The summed E-state index contributed by atoms with van der Waals surface area (Å²) in [6.07, 6.45) is 9.22. The Morgan fingerprint density at radius 1 is 1.06 bits per heavy atom. The Bertz CT molecular complexity index is 206. The lowest BCUT2D eigenvalue weighted by molar-refractivity contribution is 0.00398. The lowest BCUT2D eigenvalue weighted by Crippen LogP contribution is -2.46. The molecule has 2 N–H and O–H groups in total. The molecule has 0 aromatic heterocycles. The fraction of sp³-hybridized carbons (Fsp3) is 1.00. The Balaban J connectivity index is 1.68. The van der Waals surface area contributed by atoms with E-state index in [0.717, 1.165) is 19.1 Å². The molecule has 0 aromatic rings. The Labute approximate surface area is 106 Å². The van der Waals surface area contributed by atoms with E-state index in [0.29, 0.717) is 12.1 Å². The van der Waals surface area contributed by atoms with Crippen LogP contribution < -0.4 is 5.73 Å². The number of likely N-dealkylation sites (tertiary alicyclic amines) is 1. The Hall–Kier alpha value is -0.120. The molecule has 0 atom stereocenters. The van der Waals surface area contributed by atoms with Crippen molar-refractivity contribution in [2.24, 2.45) is 5.73 Å². The molecule has 0 amide bonds. The number of nitrogens with two attached hydrogens (primary N) is 1. The third kappa shape index (κ3) is 3.94. The van der Waals surface area contributed by atoms with Gasteiger partial charge in [-0.3, -0.25) is 0 Å². The van der Waals surface area contributed by atoms with Gasteiger partial charge in [-0.1, -0.05) is 6.92 Å². The van der Waals surface area contributed by atoms with Gasteiger partial charge >= 0.3 is 0 Å². The SMILES string of the molecule is CCCOC1CCC(N2CCC(N)CC2)CC1. The zero-order chi connectivity index (χ0) is 12.1. The van der Waals surface area contributed by atoms with Gasteiger partial charge in [-0.15, -0.1) is 0 Å². The van der Waals surface area contributed by atoms with Crippen molar-refractivity contribution in [3.63, 3.8) is 0 Å². The molecule has 3 nitrogen and oxygen atoms in total. The molecule has 2 rings (SSSR count). The second-order valence-electron chi connectivity index (χ2n) is 5.67. The molecular formula is C14H28N2O. The molecule has 1 saturated heterocycles. The summed E-state index contributed by atoms with van der Waals surface area (Å²) >= 11 is 0. The van der Waals surface area contributed by atoms with Gasteiger partial charge in [0.2, 0.25) is 0 Å². The van der Waals surface area contributed by atoms with Gasteiger partial charge in [0.1, 0.15) is 0 Å². The first-order valence-corrected chi connectivity index (χ1v) is 7.40. The summed E-state index contributed by atoms with van der Waals surface area (Å²) in [6.45, 7) is 5.55. The van der Waals surface area contributed by atoms with Crippen molar-refractivity contribution in [1.29, 1.82) is 0 Å². The van der Waals surface area contributed by atoms with E-state index in [1.807, 2.05) is 0 Å². The highest BCUT2D eigenvalue weighted by molar-refractivity contribution is 4.84. The summed E-state index contributed by atoms with van der Waals surface area (Å²) in [5, 5.41) is 0. The molecular weight excluding hydrogens is 212 g/mol. The van der Waals surface area contributed by atoms with Crippen LogP contribution in [0.15, 0.2) is 0 Å². The van der Waals surface area contributed by atoms with Gasteiger partial charge in [0.05, 0.1) is 6.10 Å². The van der Waals surface area contributed by atoms with Gasteiger partial charge in [0.15, 0.2) is 0 Å². The summed E-state index contributed by atoms with van der Waals surface area (Å²) in [5.74, 6) is 0. The molecule has 3 heteroatoms. The van der Waals surface area contributed by atoms with Crippen LogP contribution in [-0.4, -0.2) is 42.8 Å². The van der Waals surface area contributed by atoms with Crippen LogP contribution in [0.2, 0.25) is 0 Å². The van der Waals surface area contributed by atoms with Gasteiger partial charge < -0.3 is 15.4 Å². The average Bonchev–Trinajstić information content (AvgIpc) is 2.38. The molecule has 100 valence electrons. The van der Waals surface area contributed by atoms with Gasteiger partial charge in [-0.2, -0.15) is 0 Å². The highest BCUT2D eigenvalue weighted by Gasteiger charge is 2.28. The van der Waals surface area contributed by atoms with E-state index in [-0.39, 0.29) is 0 Å². The van der Waals surface area contributed by atoms with Crippen molar-refractivity contribution in [2.45, 2.75) is 70.1 Å². The fourth-order valence-electron chi connectivity index (χ4n) is 3.15. The van der Waals surface area contributed by atoms with Crippen LogP contribution in [0.4, 0.5) is 0 Å². The first-order valence-electron chi connectivity index (χ1n) is 7.40. The largest absolute Gasteiger partial charge is 0.378 e. The van der Waals surface area contributed by atoms with Crippen molar-refractivity contribution >= 4 is 0 Å². The molecule has 0 bridgehead atoms. The molecule has 0 radical (unpaired) electrons. The third-order valence-electron chi connectivity index (χ3n) is 4.29. The van der Waals surface area contributed by atoms with E-state index in [4.69, 9.17) is 10.5 Å². The third-order valence-corrected chi connectivity index (χ3v) is 4.29. The second kappa shape index (κ2) is 6.72. The van der Waals surface area contributed by atoms with Crippen molar-refractivity contribution in [3.05, 3.63) is 0 Å². The van der Waals surface area contributed by atoms with Crippen molar-refractivity contribution in [2.75, 3.05) is 19.7 Å². The smallest absolute Gasteiger partial charge is 0.0576 e. The highest BCUT2D eigenvalue weighted by atomic mass is 16.5. The number of hydrogen-bond acceptors (Lipinski definition) is 3. The average molecular weight is 240 g/mol. The minimum atomic E-state index is 0.454. The Morgan fingerprint density at radius 2 is 1.71 bits per heavy atom. The highest BCUT2D eigenvalue weighted by Crippen LogP contribution is 2.27. The molecule has 1 heterocycles. The van der Waals surface area contributed by atoms with Crippen LogP contribution in [0.1, 0.15) is 51.9 Å². The summed E-state index contributed by atoms with van der Waals surface area (Å²) in [4.78, 5) is 2.67. The van der Waals surface area contributed by atoms with Crippen LogP contribution in [0, 0.1) is 0 Å². The fourth-order valence-corrected chi connectivity index (χ4v) is 3.15. The number of nitrogens with zero attached hydrogens (tertiary/aromatic N) is 1. The van der Waals surface area contributed by atoms with Crippen LogP contribution in [0.25, 0.3) is 0 Å². The molecule has 0 aromatic carbocycles. The van der Waals surface area contributed by atoms with E-state index in [1.54, 1.807) is 0 Å². The molecule has 1 aliphatic heterocycles. The monoisotopic (exact) mass is 240 g/mol. The lowest BCUT2D eigenvalue weighted by Gasteiger charge is -2.40. The van der Waals surface area contributed by atoms with Gasteiger partial charge in [0, 0.05) is 18.7 Å². The van der Waals surface area contributed by atoms with E-state index in [1.165, 1.54) is 51.6 Å². The van der Waals surface area contributed by atoms with Crippen LogP contribution in [0.5, 0.6) is 0 Å². The standard InChI is InChI=1S/C14H28N2O/c1-2-11-17-14-5-3-13(4-6-14)16-9-7-12(15)8-10-16/h12-14H,2-11,15H2,1H3. The van der Waals surface area contributed by atoms with E-state index >= 15 is 0 Å². The molecule has 0 spiro atoms. The summed E-state index contributed by atoms with van der Waals surface area (Å²) in [7, 11) is 0. The van der Waals surface area contributed by atoms with Crippen LogP contribution in [0.3, 0.4) is 0 Å². The van der Waals surface area contributed by atoms with E-state index < -0.39 is 0 Å². The zero-order valence-electron chi connectivity index (χ0n) is 11.2. The molecule has 1 aliphatic carbocycles. The molecule has 17 heavy (non-hydrogen) atoms. The first kappa shape index (κ1) is 13.3. The maximum absolute atomic E-state index is 5.96.